The molecule has 0 fully saturated rings. The second kappa shape index (κ2) is 9.74. The van der Waals surface area contributed by atoms with Crippen molar-refractivity contribution < 1.29 is 14.0 Å². The maximum Gasteiger partial charge on any atom is 0.276 e. The van der Waals surface area contributed by atoms with Crippen molar-refractivity contribution in [2.45, 2.75) is 45.3 Å². The number of carbonyl (C=O) groups is 2. The van der Waals surface area contributed by atoms with Crippen molar-refractivity contribution in [3.8, 4) is 0 Å². The number of nitrogens with zero attached hydrogens (tertiary/aromatic N) is 4. The molecular formula is C22H24FN5O2S. The SMILES string of the molecule is CCC(C)(C)NC(=O)[C@@H](c1cccnc1)N(Cc1ccccc1F)C(=O)c1csnn1. The molecule has 9 heteroatoms. The van der Waals surface area contributed by atoms with Gasteiger partial charge in [-0.15, -0.1) is 5.10 Å². The summed E-state index contributed by atoms with van der Waals surface area (Å²) in [6, 6.07) is 8.54. The highest BCUT2D eigenvalue weighted by Gasteiger charge is 2.35. The second-order valence-electron chi connectivity index (χ2n) is 7.73. The van der Waals surface area contributed by atoms with E-state index in [9.17, 15) is 14.0 Å². The molecule has 0 aliphatic rings. The Morgan fingerprint density at radius 1 is 1.23 bits per heavy atom. The molecule has 1 N–H and O–H groups in total. The van der Waals surface area contributed by atoms with Crippen molar-refractivity contribution >= 4 is 23.3 Å². The molecule has 0 aliphatic heterocycles. The minimum atomic E-state index is -1.03. The molecule has 1 aromatic carbocycles. The number of hydrogen-bond acceptors (Lipinski definition) is 6. The molecule has 2 amide bonds. The summed E-state index contributed by atoms with van der Waals surface area (Å²) in [7, 11) is 0. The first-order valence-electron chi connectivity index (χ1n) is 9.86. The first-order valence-corrected chi connectivity index (χ1v) is 10.7. The topological polar surface area (TPSA) is 88.1 Å². The molecule has 0 aliphatic carbocycles. The molecule has 1 atom stereocenters. The van der Waals surface area contributed by atoms with E-state index in [2.05, 4.69) is 19.9 Å². The Labute approximate surface area is 184 Å². The molecule has 2 heterocycles. The Kier molecular flexibility index (Phi) is 7.06. The summed E-state index contributed by atoms with van der Waals surface area (Å²) in [5, 5.41) is 8.37. The molecule has 0 saturated heterocycles. The number of pyridine rings is 1. The summed E-state index contributed by atoms with van der Waals surface area (Å²) in [6.07, 6.45) is 3.81. The zero-order chi connectivity index (χ0) is 22.4. The number of amides is 2. The van der Waals surface area contributed by atoms with E-state index in [1.807, 2.05) is 20.8 Å². The smallest absolute Gasteiger partial charge is 0.276 e. The zero-order valence-electron chi connectivity index (χ0n) is 17.6. The number of benzene rings is 1. The number of hydrogen-bond donors (Lipinski definition) is 1. The van der Waals surface area contributed by atoms with Crippen LogP contribution in [0.4, 0.5) is 4.39 Å². The number of rotatable bonds is 8. The summed E-state index contributed by atoms with van der Waals surface area (Å²) in [4.78, 5) is 32.3. The molecule has 0 bridgehead atoms. The van der Waals surface area contributed by atoms with Crippen LogP contribution in [0.15, 0.2) is 54.2 Å². The molecule has 0 unspecified atom stereocenters. The average Bonchev–Trinajstić information content (AvgIpc) is 3.29. The summed E-state index contributed by atoms with van der Waals surface area (Å²) in [5.74, 6) is -1.36. The van der Waals surface area contributed by atoms with Gasteiger partial charge in [0.05, 0.1) is 6.54 Å². The Morgan fingerprint density at radius 2 is 2.00 bits per heavy atom. The van der Waals surface area contributed by atoms with Gasteiger partial charge >= 0.3 is 0 Å². The van der Waals surface area contributed by atoms with E-state index in [0.29, 0.717) is 12.0 Å². The molecule has 2 aromatic heterocycles. The maximum atomic E-state index is 14.5. The monoisotopic (exact) mass is 441 g/mol. The fourth-order valence-electron chi connectivity index (χ4n) is 3.00. The zero-order valence-corrected chi connectivity index (χ0v) is 18.4. The lowest BCUT2D eigenvalue weighted by Gasteiger charge is -2.34. The van der Waals surface area contributed by atoms with Gasteiger partial charge in [-0.3, -0.25) is 14.6 Å². The van der Waals surface area contributed by atoms with Crippen molar-refractivity contribution in [2.75, 3.05) is 0 Å². The molecule has 0 spiro atoms. The molecule has 31 heavy (non-hydrogen) atoms. The fraction of sp³-hybridized carbons (Fsp3) is 0.318. The van der Waals surface area contributed by atoms with Crippen LogP contribution < -0.4 is 5.32 Å². The molecule has 0 radical (unpaired) electrons. The Hall–Kier alpha value is -3.20. The van der Waals surface area contributed by atoms with Crippen LogP contribution in [0.5, 0.6) is 0 Å². The molecule has 0 saturated carbocycles. The van der Waals surface area contributed by atoms with Crippen molar-refractivity contribution in [2.24, 2.45) is 0 Å². The van der Waals surface area contributed by atoms with Gasteiger partial charge in [-0.2, -0.15) is 0 Å². The second-order valence-corrected chi connectivity index (χ2v) is 8.34. The highest BCUT2D eigenvalue weighted by atomic mass is 32.1. The van der Waals surface area contributed by atoms with Crippen molar-refractivity contribution in [3.63, 3.8) is 0 Å². The van der Waals surface area contributed by atoms with Crippen LogP contribution in [-0.2, 0) is 11.3 Å². The largest absolute Gasteiger partial charge is 0.349 e. The van der Waals surface area contributed by atoms with Gasteiger partial charge < -0.3 is 10.2 Å². The van der Waals surface area contributed by atoms with Crippen LogP contribution in [0.25, 0.3) is 0 Å². The normalized spacial score (nSPS) is 12.3. The van der Waals surface area contributed by atoms with E-state index in [0.717, 1.165) is 11.5 Å². The third kappa shape index (κ3) is 5.49. The van der Waals surface area contributed by atoms with Crippen molar-refractivity contribution in [1.82, 2.24) is 24.8 Å². The standard InChI is InChI=1S/C22H24FN5O2S/c1-4-22(2,3)25-20(29)19(15-9-7-11-24-12-15)28(21(30)18-14-31-27-26-18)13-16-8-5-6-10-17(16)23/h5-12,14,19H,4,13H2,1-3H3,(H,25,29)/t19-/m1/s1. The van der Waals surface area contributed by atoms with Gasteiger partial charge in [0.1, 0.15) is 11.9 Å². The Morgan fingerprint density at radius 3 is 2.61 bits per heavy atom. The first kappa shape index (κ1) is 22.5. The fourth-order valence-corrected chi connectivity index (χ4v) is 3.43. The maximum absolute atomic E-state index is 14.5. The van der Waals surface area contributed by atoms with Crippen LogP contribution >= 0.6 is 11.5 Å². The summed E-state index contributed by atoms with van der Waals surface area (Å²) in [5.41, 5.74) is 0.403. The lowest BCUT2D eigenvalue weighted by molar-refractivity contribution is -0.127. The molecule has 3 rings (SSSR count). The third-order valence-electron chi connectivity index (χ3n) is 5.04. The molecular weight excluding hydrogens is 417 g/mol. The summed E-state index contributed by atoms with van der Waals surface area (Å²) < 4.78 is 18.2. The highest BCUT2D eigenvalue weighted by Crippen LogP contribution is 2.27. The van der Waals surface area contributed by atoms with Gasteiger partial charge in [0.15, 0.2) is 5.69 Å². The number of nitrogens with one attached hydrogen (secondary N) is 1. The minimum absolute atomic E-state index is 0.0952. The van der Waals surface area contributed by atoms with E-state index in [4.69, 9.17) is 0 Å². The van der Waals surface area contributed by atoms with Crippen LogP contribution in [0, 0.1) is 5.82 Å². The van der Waals surface area contributed by atoms with Gasteiger partial charge in [0.2, 0.25) is 5.91 Å². The van der Waals surface area contributed by atoms with E-state index in [1.165, 1.54) is 22.5 Å². The van der Waals surface area contributed by atoms with Gasteiger partial charge in [0, 0.05) is 34.4 Å². The summed E-state index contributed by atoms with van der Waals surface area (Å²) in [6.45, 7) is 5.64. The van der Waals surface area contributed by atoms with Crippen molar-refractivity contribution in [3.05, 3.63) is 76.8 Å². The first-order chi connectivity index (χ1) is 14.8. The van der Waals surface area contributed by atoms with Gasteiger partial charge in [0.25, 0.3) is 5.91 Å². The van der Waals surface area contributed by atoms with Gasteiger partial charge in [-0.25, -0.2) is 4.39 Å². The predicted molar refractivity (Wildman–Crippen MR) is 116 cm³/mol. The van der Waals surface area contributed by atoms with Gasteiger partial charge in [-0.1, -0.05) is 35.7 Å². The van der Waals surface area contributed by atoms with Gasteiger partial charge in [-0.05, 0) is 43.9 Å². The highest BCUT2D eigenvalue weighted by molar-refractivity contribution is 7.03. The van der Waals surface area contributed by atoms with Crippen LogP contribution in [-0.4, -0.2) is 36.8 Å². The average molecular weight is 442 g/mol. The van der Waals surface area contributed by atoms with E-state index < -0.39 is 23.3 Å². The molecule has 7 nitrogen and oxygen atoms in total. The van der Waals surface area contributed by atoms with Crippen LogP contribution in [0.1, 0.15) is 54.8 Å². The third-order valence-corrected chi connectivity index (χ3v) is 5.55. The Balaban J connectivity index is 2.08. The van der Waals surface area contributed by atoms with E-state index in [1.54, 1.807) is 36.5 Å². The minimum Gasteiger partial charge on any atom is -0.349 e. The Bertz CT molecular complexity index is 1030. The van der Waals surface area contributed by atoms with Crippen LogP contribution in [0.2, 0.25) is 0 Å². The molecule has 3 aromatic rings. The molecule has 162 valence electrons. The van der Waals surface area contributed by atoms with E-state index in [-0.39, 0.29) is 23.7 Å². The van der Waals surface area contributed by atoms with E-state index >= 15 is 0 Å². The van der Waals surface area contributed by atoms with Crippen molar-refractivity contribution in [1.29, 1.82) is 0 Å². The summed E-state index contributed by atoms with van der Waals surface area (Å²) >= 11 is 1.03. The number of carbonyl (C=O) groups excluding carboxylic acids is 2. The predicted octanol–water partition coefficient (Wildman–Crippen LogP) is 3.76. The quantitative estimate of drug-likeness (QED) is 0.575. The van der Waals surface area contributed by atoms with Crippen LogP contribution in [0.3, 0.4) is 0 Å². The number of halogens is 1. The lowest BCUT2D eigenvalue weighted by Crippen LogP contribution is -2.50. The lowest BCUT2D eigenvalue weighted by atomic mass is 9.99. The number of aromatic nitrogens is 3.